The summed E-state index contributed by atoms with van der Waals surface area (Å²) in [6.45, 7) is 6.15. The summed E-state index contributed by atoms with van der Waals surface area (Å²) in [5.41, 5.74) is 2.05. The van der Waals surface area contributed by atoms with Gasteiger partial charge in [-0.05, 0) is 19.0 Å². The number of hydrogen-bond donors (Lipinski definition) is 0. The molecule has 0 bridgehead atoms. The van der Waals surface area contributed by atoms with Crippen LogP contribution in [0.25, 0.3) is 5.57 Å². The fourth-order valence-electron chi connectivity index (χ4n) is 4.36. The topological polar surface area (TPSA) is 43.9 Å². The number of benzene rings is 1. The molecule has 2 aliphatic rings. The molecule has 0 atom stereocenters. The third-order valence-corrected chi connectivity index (χ3v) is 6.26. The van der Waals surface area contributed by atoms with Crippen LogP contribution in [0.3, 0.4) is 0 Å². The Hall–Kier alpha value is -2.14. The lowest BCUT2D eigenvalue weighted by molar-refractivity contribution is -0.137. The normalized spacial score (nSPS) is 18.1. The molecule has 2 heterocycles. The van der Waals surface area contributed by atoms with Gasteiger partial charge in [0.2, 0.25) is 0 Å². The van der Waals surface area contributed by atoms with Crippen molar-refractivity contribution in [2.45, 2.75) is 58.3 Å². The zero-order valence-corrected chi connectivity index (χ0v) is 18.7. The Morgan fingerprint density at radius 1 is 0.767 bits per heavy atom. The molecule has 164 valence electrons. The van der Waals surface area contributed by atoms with E-state index in [0.717, 1.165) is 44.6 Å². The van der Waals surface area contributed by atoms with Crippen LogP contribution in [-0.2, 0) is 9.59 Å². The lowest BCUT2D eigenvalue weighted by Gasteiger charge is -2.34. The zero-order chi connectivity index (χ0) is 21.3. The Kier molecular flexibility index (Phi) is 8.50. The van der Waals surface area contributed by atoms with Gasteiger partial charge in [0.25, 0.3) is 11.8 Å². The molecule has 5 nitrogen and oxygen atoms in total. The van der Waals surface area contributed by atoms with E-state index in [2.05, 4.69) is 23.8 Å². The molecule has 0 unspecified atom stereocenters. The fraction of sp³-hybridized carbons (Fsp3) is 0.600. The Balaban J connectivity index is 1.64. The summed E-state index contributed by atoms with van der Waals surface area (Å²) in [6.07, 6.45) is 9.61. The lowest BCUT2D eigenvalue weighted by Crippen LogP contribution is -2.46. The highest BCUT2D eigenvalue weighted by atomic mass is 16.2. The molecule has 0 spiro atoms. The van der Waals surface area contributed by atoms with E-state index >= 15 is 0 Å². The second-order valence-corrected chi connectivity index (χ2v) is 8.62. The van der Waals surface area contributed by atoms with Gasteiger partial charge in [0.1, 0.15) is 5.70 Å². The number of amides is 2. The van der Waals surface area contributed by atoms with Crippen molar-refractivity contribution < 1.29 is 9.59 Å². The molecule has 1 fully saturated rings. The third-order valence-electron chi connectivity index (χ3n) is 6.26. The summed E-state index contributed by atoms with van der Waals surface area (Å²) in [5.74, 6) is -0.227. The van der Waals surface area contributed by atoms with Crippen LogP contribution in [0.4, 0.5) is 0 Å². The molecule has 0 saturated carbocycles. The van der Waals surface area contributed by atoms with Gasteiger partial charge in [-0.2, -0.15) is 0 Å². The highest BCUT2D eigenvalue weighted by molar-refractivity contribution is 6.35. The summed E-state index contributed by atoms with van der Waals surface area (Å²) in [7, 11) is 2.10. The predicted molar refractivity (Wildman–Crippen MR) is 122 cm³/mol. The molecule has 5 heteroatoms. The predicted octanol–water partition coefficient (Wildman–Crippen LogP) is 4.15. The quantitative estimate of drug-likeness (QED) is 0.405. The van der Waals surface area contributed by atoms with E-state index in [4.69, 9.17) is 0 Å². The van der Waals surface area contributed by atoms with Gasteiger partial charge in [0, 0.05) is 32.7 Å². The molecule has 0 N–H and O–H groups in total. The standard InChI is InChI=1S/C25H37N3O2/c1-3-4-5-6-7-8-9-13-16-28-24(29)22(21-14-11-10-12-15-21)23(25(28)30)27-19-17-26(2)18-20-27/h10-12,14-15H,3-9,13,16-20H2,1-2H3. The van der Waals surface area contributed by atoms with Gasteiger partial charge in [0.05, 0.1) is 5.57 Å². The summed E-state index contributed by atoms with van der Waals surface area (Å²) in [4.78, 5) is 32.5. The summed E-state index contributed by atoms with van der Waals surface area (Å²) < 4.78 is 0. The lowest BCUT2D eigenvalue weighted by atomic mass is 10.0. The van der Waals surface area contributed by atoms with Crippen molar-refractivity contribution in [1.29, 1.82) is 0 Å². The van der Waals surface area contributed by atoms with E-state index in [1.807, 2.05) is 30.3 Å². The molecule has 1 aromatic rings. The number of carbonyl (C=O) groups is 2. The van der Waals surface area contributed by atoms with Crippen molar-refractivity contribution in [2.75, 3.05) is 39.8 Å². The Labute approximate surface area is 181 Å². The second kappa shape index (κ2) is 11.3. The molecule has 30 heavy (non-hydrogen) atoms. The number of piperazine rings is 1. The number of hydrogen-bond acceptors (Lipinski definition) is 4. The van der Waals surface area contributed by atoms with Crippen LogP contribution in [0, 0.1) is 0 Å². The first-order valence-corrected chi connectivity index (χ1v) is 11.7. The largest absolute Gasteiger partial charge is 0.364 e. The highest BCUT2D eigenvalue weighted by Crippen LogP contribution is 2.32. The van der Waals surface area contributed by atoms with Crippen molar-refractivity contribution in [3.63, 3.8) is 0 Å². The van der Waals surface area contributed by atoms with E-state index in [1.165, 1.54) is 43.4 Å². The molecular weight excluding hydrogens is 374 g/mol. The maximum atomic E-state index is 13.3. The first-order chi connectivity index (χ1) is 14.6. The number of likely N-dealkylation sites (N-methyl/N-ethyl adjacent to an activating group) is 1. The van der Waals surface area contributed by atoms with Crippen LogP contribution in [-0.4, -0.2) is 66.3 Å². The van der Waals surface area contributed by atoms with Crippen LogP contribution in [0.1, 0.15) is 63.9 Å². The third kappa shape index (κ3) is 5.51. The van der Waals surface area contributed by atoms with Crippen molar-refractivity contribution in [3.05, 3.63) is 41.6 Å². The van der Waals surface area contributed by atoms with Crippen LogP contribution in [0.5, 0.6) is 0 Å². The highest BCUT2D eigenvalue weighted by Gasteiger charge is 2.41. The van der Waals surface area contributed by atoms with Gasteiger partial charge >= 0.3 is 0 Å². The molecular formula is C25H37N3O2. The molecule has 0 aliphatic carbocycles. The molecule has 1 aromatic carbocycles. The second-order valence-electron chi connectivity index (χ2n) is 8.62. The minimum Gasteiger partial charge on any atom is -0.364 e. The molecule has 3 rings (SSSR count). The maximum absolute atomic E-state index is 13.3. The van der Waals surface area contributed by atoms with Gasteiger partial charge in [-0.25, -0.2) is 0 Å². The molecule has 2 amide bonds. The van der Waals surface area contributed by atoms with Crippen LogP contribution < -0.4 is 0 Å². The molecule has 0 radical (unpaired) electrons. The average molecular weight is 412 g/mol. The van der Waals surface area contributed by atoms with Crippen LogP contribution in [0.15, 0.2) is 36.0 Å². The van der Waals surface area contributed by atoms with Crippen molar-refractivity contribution in [2.24, 2.45) is 0 Å². The number of imide groups is 1. The Morgan fingerprint density at radius 3 is 2.00 bits per heavy atom. The zero-order valence-electron chi connectivity index (χ0n) is 18.7. The number of rotatable bonds is 11. The number of nitrogens with zero attached hydrogens (tertiary/aromatic N) is 3. The summed E-state index contributed by atoms with van der Waals surface area (Å²) >= 11 is 0. The van der Waals surface area contributed by atoms with Crippen molar-refractivity contribution >= 4 is 17.4 Å². The van der Waals surface area contributed by atoms with E-state index in [0.29, 0.717) is 17.8 Å². The maximum Gasteiger partial charge on any atom is 0.277 e. The van der Waals surface area contributed by atoms with E-state index < -0.39 is 0 Å². The summed E-state index contributed by atoms with van der Waals surface area (Å²) in [6, 6.07) is 9.69. The number of unbranched alkanes of at least 4 members (excludes halogenated alkanes) is 7. The van der Waals surface area contributed by atoms with E-state index in [9.17, 15) is 9.59 Å². The average Bonchev–Trinajstić information content (AvgIpc) is 3.01. The van der Waals surface area contributed by atoms with Gasteiger partial charge in [-0.15, -0.1) is 0 Å². The first kappa shape index (κ1) is 22.5. The number of carbonyl (C=O) groups excluding carboxylic acids is 2. The van der Waals surface area contributed by atoms with Gasteiger partial charge in [-0.1, -0.05) is 82.2 Å². The Bertz CT molecular complexity index is 736. The minimum absolute atomic E-state index is 0.105. The van der Waals surface area contributed by atoms with Gasteiger partial charge in [0.15, 0.2) is 0 Å². The monoisotopic (exact) mass is 411 g/mol. The molecule has 2 aliphatic heterocycles. The smallest absolute Gasteiger partial charge is 0.277 e. The van der Waals surface area contributed by atoms with Crippen molar-refractivity contribution in [3.8, 4) is 0 Å². The summed E-state index contributed by atoms with van der Waals surface area (Å²) in [5, 5.41) is 0. The van der Waals surface area contributed by atoms with Gasteiger partial charge < -0.3 is 9.80 Å². The Morgan fingerprint density at radius 2 is 1.37 bits per heavy atom. The molecule has 0 aromatic heterocycles. The van der Waals surface area contributed by atoms with E-state index in [-0.39, 0.29) is 11.8 Å². The SMILES string of the molecule is CCCCCCCCCCN1C(=O)C(c2ccccc2)=C(N2CCN(C)CC2)C1=O. The van der Waals surface area contributed by atoms with Crippen LogP contribution in [0.2, 0.25) is 0 Å². The van der Waals surface area contributed by atoms with E-state index in [1.54, 1.807) is 0 Å². The fourth-order valence-corrected chi connectivity index (χ4v) is 4.36. The van der Waals surface area contributed by atoms with Crippen molar-refractivity contribution in [1.82, 2.24) is 14.7 Å². The first-order valence-electron chi connectivity index (χ1n) is 11.7. The van der Waals surface area contributed by atoms with Gasteiger partial charge in [-0.3, -0.25) is 14.5 Å². The van der Waals surface area contributed by atoms with Crippen LogP contribution >= 0.6 is 0 Å². The minimum atomic E-state index is -0.122. The molecule has 1 saturated heterocycles.